The largest absolute Gasteiger partial charge is 0.311 e. The lowest BCUT2D eigenvalue weighted by Crippen LogP contribution is -2.57. The summed E-state index contributed by atoms with van der Waals surface area (Å²) in [6.07, 6.45) is 4.10. The van der Waals surface area contributed by atoms with Gasteiger partial charge in [-0.1, -0.05) is 31.2 Å². The van der Waals surface area contributed by atoms with Crippen molar-refractivity contribution in [2.75, 3.05) is 13.1 Å². The molecule has 1 heterocycles. The van der Waals surface area contributed by atoms with E-state index in [1.54, 1.807) is 0 Å². The Labute approximate surface area is 123 Å². The van der Waals surface area contributed by atoms with Gasteiger partial charge in [-0.3, -0.25) is 4.90 Å². The maximum absolute atomic E-state index is 3.79. The number of rotatable bonds is 4. The van der Waals surface area contributed by atoms with Crippen molar-refractivity contribution in [1.29, 1.82) is 0 Å². The fourth-order valence-corrected chi connectivity index (χ4v) is 3.75. The van der Waals surface area contributed by atoms with Gasteiger partial charge in [0, 0.05) is 31.2 Å². The van der Waals surface area contributed by atoms with Gasteiger partial charge >= 0.3 is 0 Å². The first-order chi connectivity index (χ1) is 9.70. The zero-order chi connectivity index (χ0) is 14.1. The summed E-state index contributed by atoms with van der Waals surface area (Å²) in [6, 6.07) is 10.8. The molecule has 0 amide bonds. The number of piperazine rings is 1. The molecule has 1 aliphatic carbocycles. The van der Waals surface area contributed by atoms with Crippen LogP contribution in [0.3, 0.4) is 0 Å². The summed E-state index contributed by atoms with van der Waals surface area (Å²) in [5.41, 5.74) is 2.93. The smallest absolute Gasteiger partial charge is 0.0326 e. The summed E-state index contributed by atoms with van der Waals surface area (Å²) < 4.78 is 0. The Hall–Kier alpha value is -0.860. The SMILES string of the molecule is CCC1CNC(C2CC2)CN1C(C)c1ccccc1C. The lowest BCUT2D eigenvalue weighted by Gasteiger charge is -2.44. The quantitative estimate of drug-likeness (QED) is 0.902. The van der Waals surface area contributed by atoms with Crippen molar-refractivity contribution in [1.82, 2.24) is 10.2 Å². The van der Waals surface area contributed by atoms with Crippen molar-refractivity contribution in [2.45, 2.75) is 58.2 Å². The summed E-state index contributed by atoms with van der Waals surface area (Å²) in [5.74, 6) is 0.944. The van der Waals surface area contributed by atoms with Gasteiger partial charge in [0.05, 0.1) is 0 Å². The molecule has 3 unspecified atom stereocenters. The van der Waals surface area contributed by atoms with Crippen molar-refractivity contribution in [3.8, 4) is 0 Å². The van der Waals surface area contributed by atoms with Gasteiger partial charge in [-0.15, -0.1) is 0 Å². The standard InChI is InChI=1S/C18H28N2/c1-4-16-11-19-18(15-9-10-15)12-20(16)14(3)17-8-6-5-7-13(17)2/h5-8,14-16,18-19H,4,9-12H2,1-3H3. The molecule has 3 atom stereocenters. The molecule has 1 aromatic rings. The first-order valence-electron chi connectivity index (χ1n) is 8.25. The van der Waals surface area contributed by atoms with E-state index >= 15 is 0 Å². The number of nitrogens with zero attached hydrogens (tertiary/aromatic N) is 1. The van der Waals surface area contributed by atoms with E-state index in [1.165, 1.54) is 36.9 Å². The summed E-state index contributed by atoms with van der Waals surface area (Å²) in [7, 11) is 0. The van der Waals surface area contributed by atoms with Gasteiger partial charge in [-0.25, -0.2) is 0 Å². The molecular formula is C18H28N2. The van der Waals surface area contributed by atoms with E-state index in [9.17, 15) is 0 Å². The minimum absolute atomic E-state index is 0.532. The van der Waals surface area contributed by atoms with E-state index in [4.69, 9.17) is 0 Å². The molecule has 0 radical (unpaired) electrons. The summed E-state index contributed by atoms with van der Waals surface area (Å²) in [4.78, 5) is 2.75. The normalized spacial score (nSPS) is 29.4. The van der Waals surface area contributed by atoms with E-state index in [0.29, 0.717) is 12.1 Å². The molecule has 1 saturated carbocycles. The Morgan fingerprint density at radius 3 is 2.70 bits per heavy atom. The Morgan fingerprint density at radius 1 is 1.30 bits per heavy atom. The molecule has 0 spiro atoms. The number of aryl methyl sites for hydroxylation is 1. The van der Waals surface area contributed by atoms with Gasteiger partial charge in [-0.2, -0.15) is 0 Å². The predicted molar refractivity (Wildman–Crippen MR) is 84.9 cm³/mol. The molecule has 1 aromatic carbocycles. The topological polar surface area (TPSA) is 15.3 Å². The number of hydrogen-bond acceptors (Lipinski definition) is 2. The first-order valence-corrected chi connectivity index (χ1v) is 8.25. The Bertz CT molecular complexity index is 452. The van der Waals surface area contributed by atoms with Gasteiger partial charge in [0.1, 0.15) is 0 Å². The predicted octanol–water partition coefficient (Wildman–Crippen LogP) is 3.52. The molecule has 2 fully saturated rings. The monoisotopic (exact) mass is 272 g/mol. The first kappa shape index (κ1) is 14.1. The minimum Gasteiger partial charge on any atom is -0.311 e. The van der Waals surface area contributed by atoms with Gasteiger partial charge in [0.25, 0.3) is 0 Å². The van der Waals surface area contributed by atoms with Crippen LogP contribution in [0.2, 0.25) is 0 Å². The van der Waals surface area contributed by atoms with Crippen LogP contribution in [0.1, 0.15) is 50.3 Å². The average Bonchev–Trinajstić information content (AvgIpc) is 3.31. The van der Waals surface area contributed by atoms with Crippen LogP contribution in [0.4, 0.5) is 0 Å². The molecule has 1 saturated heterocycles. The van der Waals surface area contributed by atoms with E-state index in [2.05, 4.69) is 55.3 Å². The van der Waals surface area contributed by atoms with Gasteiger partial charge < -0.3 is 5.32 Å². The van der Waals surface area contributed by atoms with Gasteiger partial charge in [0.2, 0.25) is 0 Å². The van der Waals surface area contributed by atoms with Crippen LogP contribution in [0.5, 0.6) is 0 Å². The van der Waals surface area contributed by atoms with Crippen molar-refractivity contribution in [3.05, 3.63) is 35.4 Å². The summed E-state index contributed by atoms with van der Waals surface area (Å²) >= 11 is 0. The number of benzene rings is 1. The zero-order valence-corrected chi connectivity index (χ0v) is 13.1. The van der Waals surface area contributed by atoms with E-state index in [1.807, 2.05) is 0 Å². The van der Waals surface area contributed by atoms with Crippen molar-refractivity contribution >= 4 is 0 Å². The Kier molecular flexibility index (Phi) is 4.13. The van der Waals surface area contributed by atoms with Crippen molar-refractivity contribution < 1.29 is 0 Å². The van der Waals surface area contributed by atoms with Crippen LogP contribution >= 0.6 is 0 Å². The van der Waals surface area contributed by atoms with E-state index < -0.39 is 0 Å². The lowest BCUT2D eigenvalue weighted by molar-refractivity contribution is 0.0800. The van der Waals surface area contributed by atoms with Crippen LogP contribution in [-0.4, -0.2) is 30.1 Å². The lowest BCUT2D eigenvalue weighted by atomic mass is 9.96. The molecule has 1 N–H and O–H groups in total. The van der Waals surface area contributed by atoms with Gasteiger partial charge in [0.15, 0.2) is 0 Å². The third-order valence-corrected chi connectivity index (χ3v) is 5.29. The molecule has 0 aromatic heterocycles. The average molecular weight is 272 g/mol. The number of hydrogen-bond donors (Lipinski definition) is 1. The van der Waals surface area contributed by atoms with Crippen molar-refractivity contribution in [2.24, 2.45) is 5.92 Å². The molecule has 2 nitrogen and oxygen atoms in total. The second-order valence-corrected chi connectivity index (χ2v) is 6.64. The highest BCUT2D eigenvalue weighted by molar-refractivity contribution is 5.28. The molecule has 2 heteroatoms. The highest BCUT2D eigenvalue weighted by Gasteiger charge is 2.38. The second-order valence-electron chi connectivity index (χ2n) is 6.64. The fourth-order valence-electron chi connectivity index (χ4n) is 3.75. The Balaban J connectivity index is 1.79. The molecule has 20 heavy (non-hydrogen) atoms. The van der Waals surface area contributed by atoms with Crippen molar-refractivity contribution in [3.63, 3.8) is 0 Å². The maximum Gasteiger partial charge on any atom is 0.0326 e. The zero-order valence-electron chi connectivity index (χ0n) is 13.1. The van der Waals surface area contributed by atoms with E-state index in [0.717, 1.165) is 18.5 Å². The van der Waals surface area contributed by atoms with Crippen LogP contribution in [0.25, 0.3) is 0 Å². The molecule has 2 aliphatic rings. The highest BCUT2D eigenvalue weighted by atomic mass is 15.3. The molecule has 110 valence electrons. The minimum atomic E-state index is 0.532. The van der Waals surface area contributed by atoms with Crippen LogP contribution in [0.15, 0.2) is 24.3 Å². The number of nitrogens with one attached hydrogen (secondary N) is 1. The second kappa shape index (κ2) is 5.87. The molecule has 3 rings (SSSR count). The van der Waals surface area contributed by atoms with Crippen LogP contribution in [-0.2, 0) is 0 Å². The third-order valence-electron chi connectivity index (χ3n) is 5.29. The summed E-state index contributed by atoms with van der Waals surface area (Å²) in [6.45, 7) is 9.33. The third kappa shape index (κ3) is 2.77. The van der Waals surface area contributed by atoms with E-state index in [-0.39, 0.29) is 0 Å². The Morgan fingerprint density at radius 2 is 2.05 bits per heavy atom. The van der Waals surface area contributed by atoms with Crippen LogP contribution < -0.4 is 5.32 Å². The highest BCUT2D eigenvalue weighted by Crippen LogP contribution is 2.36. The van der Waals surface area contributed by atoms with Crippen LogP contribution in [0, 0.1) is 12.8 Å². The van der Waals surface area contributed by atoms with Gasteiger partial charge in [-0.05, 0) is 50.2 Å². The molecular weight excluding hydrogens is 244 g/mol. The summed E-state index contributed by atoms with van der Waals surface area (Å²) in [5, 5.41) is 3.79. The fraction of sp³-hybridized carbons (Fsp3) is 0.667. The maximum atomic E-state index is 3.79. The molecule has 1 aliphatic heterocycles. The molecule has 0 bridgehead atoms.